The lowest BCUT2D eigenvalue weighted by Crippen LogP contribution is -2.50. The maximum Gasteiger partial charge on any atom is 0.124 e. The first-order valence-electron chi connectivity index (χ1n) is 7.65. The summed E-state index contributed by atoms with van der Waals surface area (Å²) in [7, 11) is -2.22. The molecule has 2 aliphatic heterocycles. The molecule has 1 fully saturated rings. The van der Waals surface area contributed by atoms with Gasteiger partial charge in [-0.1, -0.05) is 18.2 Å². The van der Waals surface area contributed by atoms with Gasteiger partial charge < -0.3 is 15.2 Å². The second-order valence-corrected chi connectivity index (χ2v) is 9.01. The van der Waals surface area contributed by atoms with Crippen molar-refractivity contribution >= 4 is 9.73 Å². The molecule has 3 rings (SSSR count). The van der Waals surface area contributed by atoms with Crippen molar-refractivity contribution in [3.8, 4) is 5.75 Å². The Balaban J connectivity index is 2.01. The van der Waals surface area contributed by atoms with E-state index in [-0.39, 0.29) is 12.0 Å². The molecule has 2 unspecified atom stereocenters. The normalized spacial score (nSPS) is 27.6. The van der Waals surface area contributed by atoms with Crippen molar-refractivity contribution < 1.29 is 13.7 Å². The van der Waals surface area contributed by atoms with Crippen molar-refractivity contribution in [3.05, 3.63) is 29.8 Å². The molecule has 2 N–H and O–H groups in total. The van der Waals surface area contributed by atoms with Crippen LogP contribution in [-0.2, 0) is 14.5 Å². The largest absolute Gasteiger partial charge is 0.493 e. The average Bonchev–Trinajstić information content (AvgIpc) is 2.47. The van der Waals surface area contributed by atoms with Crippen molar-refractivity contribution in [2.24, 2.45) is 16.0 Å². The third-order valence-electron chi connectivity index (χ3n) is 4.58. The fourth-order valence-electron chi connectivity index (χ4n) is 3.57. The molecule has 1 aromatic carbocycles. The van der Waals surface area contributed by atoms with E-state index >= 15 is 0 Å². The maximum atomic E-state index is 12.4. The van der Waals surface area contributed by atoms with Gasteiger partial charge in [-0.2, -0.15) is 0 Å². The molecule has 2 aliphatic rings. The SMILES string of the molecule is CS(C)(=O)=NC1(C2COc3ccccc3C2N)CCOCC1. The van der Waals surface area contributed by atoms with Crippen molar-refractivity contribution in [1.82, 2.24) is 0 Å². The molecule has 22 heavy (non-hydrogen) atoms. The van der Waals surface area contributed by atoms with Gasteiger partial charge in [0.1, 0.15) is 5.75 Å². The minimum absolute atomic E-state index is 0.0204. The van der Waals surface area contributed by atoms with Crippen LogP contribution in [0.3, 0.4) is 0 Å². The van der Waals surface area contributed by atoms with Gasteiger partial charge in [0.2, 0.25) is 0 Å². The van der Waals surface area contributed by atoms with Crippen LogP contribution >= 0.6 is 0 Å². The molecule has 2 heterocycles. The highest BCUT2D eigenvalue weighted by molar-refractivity contribution is 7.92. The first kappa shape index (κ1) is 15.8. The van der Waals surface area contributed by atoms with Gasteiger partial charge in [0.05, 0.1) is 12.1 Å². The Morgan fingerprint density at radius 3 is 2.64 bits per heavy atom. The summed E-state index contributed by atoms with van der Waals surface area (Å²) >= 11 is 0. The number of benzene rings is 1. The van der Waals surface area contributed by atoms with E-state index in [4.69, 9.17) is 19.6 Å². The summed E-state index contributed by atoms with van der Waals surface area (Å²) in [5.74, 6) is 0.870. The Morgan fingerprint density at radius 2 is 1.95 bits per heavy atom. The van der Waals surface area contributed by atoms with Gasteiger partial charge >= 0.3 is 0 Å². The van der Waals surface area contributed by atoms with Crippen LogP contribution in [0.25, 0.3) is 0 Å². The molecule has 0 spiro atoms. The Bertz CT molecular complexity index is 653. The van der Waals surface area contributed by atoms with Crippen LogP contribution in [0.5, 0.6) is 5.75 Å². The third-order valence-corrected chi connectivity index (χ3v) is 5.38. The first-order valence-corrected chi connectivity index (χ1v) is 9.98. The number of ether oxygens (including phenoxy) is 2. The lowest BCUT2D eigenvalue weighted by Gasteiger charge is -2.45. The number of nitrogens with two attached hydrogens (primary N) is 1. The van der Waals surface area contributed by atoms with E-state index in [1.54, 1.807) is 12.5 Å². The Morgan fingerprint density at radius 1 is 1.27 bits per heavy atom. The van der Waals surface area contributed by atoms with Crippen molar-refractivity contribution in [1.29, 1.82) is 0 Å². The van der Waals surface area contributed by atoms with Crippen molar-refractivity contribution in [3.63, 3.8) is 0 Å². The number of fused-ring (bicyclic) bond motifs is 1. The Hall–Kier alpha value is -1.11. The van der Waals surface area contributed by atoms with E-state index in [1.165, 1.54) is 0 Å². The summed E-state index contributed by atoms with van der Waals surface area (Å²) in [5, 5.41) is 0. The van der Waals surface area contributed by atoms with E-state index in [9.17, 15) is 4.21 Å². The molecule has 0 saturated carbocycles. The van der Waals surface area contributed by atoms with E-state index in [1.807, 2.05) is 24.3 Å². The summed E-state index contributed by atoms with van der Waals surface area (Å²) in [6.07, 6.45) is 4.87. The number of nitrogens with zero attached hydrogens (tertiary/aromatic N) is 1. The topological polar surface area (TPSA) is 73.9 Å². The second kappa shape index (κ2) is 5.83. The Kier molecular flexibility index (Phi) is 4.18. The highest BCUT2D eigenvalue weighted by Gasteiger charge is 2.46. The molecule has 122 valence electrons. The van der Waals surface area contributed by atoms with E-state index in [0.717, 1.165) is 24.2 Å². The zero-order chi connectivity index (χ0) is 15.8. The molecule has 6 heteroatoms. The van der Waals surface area contributed by atoms with Gasteiger partial charge in [0.15, 0.2) is 0 Å². The molecule has 5 nitrogen and oxygen atoms in total. The molecule has 0 aliphatic carbocycles. The quantitative estimate of drug-likeness (QED) is 0.902. The van der Waals surface area contributed by atoms with E-state index < -0.39 is 15.3 Å². The molecular formula is C16H24N2O3S. The summed E-state index contributed by atoms with van der Waals surface area (Å²) in [5.41, 5.74) is 7.14. The zero-order valence-electron chi connectivity index (χ0n) is 13.2. The third kappa shape index (κ3) is 3.00. The Labute approximate surface area is 132 Å². The molecular weight excluding hydrogens is 300 g/mol. The standard InChI is InChI=1S/C16H24N2O3S/c1-22(2,19)18-16(7-9-20-10-8-16)13-11-21-14-6-4-3-5-12(14)15(13)17/h3-6,13,15H,7-11,17H2,1-2H3. The van der Waals surface area contributed by atoms with Crippen LogP contribution in [0.2, 0.25) is 0 Å². The predicted molar refractivity (Wildman–Crippen MR) is 87.6 cm³/mol. The average molecular weight is 324 g/mol. The lowest BCUT2D eigenvalue weighted by atomic mass is 9.72. The van der Waals surface area contributed by atoms with Gasteiger partial charge in [-0.3, -0.25) is 4.21 Å². The molecule has 0 bridgehead atoms. The van der Waals surface area contributed by atoms with Crippen LogP contribution in [0, 0.1) is 5.92 Å². The minimum Gasteiger partial charge on any atom is -0.493 e. The van der Waals surface area contributed by atoms with E-state index in [2.05, 4.69) is 0 Å². The van der Waals surface area contributed by atoms with Crippen LogP contribution in [0.1, 0.15) is 24.4 Å². The summed E-state index contributed by atoms with van der Waals surface area (Å²) in [6, 6.07) is 7.72. The molecule has 2 atom stereocenters. The monoisotopic (exact) mass is 324 g/mol. The summed E-state index contributed by atoms with van der Waals surface area (Å²) < 4.78 is 28.5. The predicted octanol–water partition coefficient (Wildman–Crippen LogP) is 1.97. The van der Waals surface area contributed by atoms with Crippen molar-refractivity contribution in [2.75, 3.05) is 32.3 Å². The molecule has 0 aromatic heterocycles. The second-order valence-electron chi connectivity index (χ2n) is 6.47. The fraction of sp³-hybridized carbons (Fsp3) is 0.625. The molecule has 0 radical (unpaired) electrons. The van der Waals surface area contributed by atoms with Gasteiger partial charge in [-0.05, 0) is 18.9 Å². The number of hydrogen-bond donors (Lipinski definition) is 1. The fourth-order valence-corrected chi connectivity index (χ4v) is 4.76. The minimum atomic E-state index is -2.22. The number of rotatable bonds is 2. The van der Waals surface area contributed by atoms with Crippen LogP contribution in [0.4, 0.5) is 0 Å². The van der Waals surface area contributed by atoms with Crippen molar-refractivity contribution in [2.45, 2.75) is 24.4 Å². The van der Waals surface area contributed by atoms with Crippen LogP contribution in [-0.4, -0.2) is 42.1 Å². The summed E-state index contributed by atoms with van der Waals surface area (Å²) in [6.45, 7) is 1.77. The highest BCUT2D eigenvalue weighted by atomic mass is 32.2. The van der Waals surface area contributed by atoms with Gasteiger partial charge in [0, 0.05) is 53.0 Å². The molecule has 1 aromatic rings. The van der Waals surface area contributed by atoms with Crippen LogP contribution in [0.15, 0.2) is 28.6 Å². The number of hydrogen-bond acceptors (Lipinski definition) is 5. The maximum absolute atomic E-state index is 12.4. The molecule has 0 amide bonds. The highest BCUT2D eigenvalue weighted by Crippen LogP contribution is 2.44. The number of para-hydroxylation sites is 1. The molecule has 1 saturated heterocycles. The van der Waals surface area contributed by atoms with Gasteiger partial charge in [-0.25, -0.2) is 4.36 Å². The summed E-state index contributed by atoms with van der Waals surface area (Å²) in [4.78, 5) is 0. The van der Waals surface area contributed by atoms with E-state index in [0.29, 0.717) is 19.8 Å². The van der Waals surface area contributed by atoms with Gasteiger partial charge in [-0.15, -0.1) is 0 Å². The van der Waals surface area contributed by atoms with Gasteiger partial charge in [0.25, 0.3) is 0 Å². The lowest BCUT2D eigenvalue weighted by molar-refractivity contribution is 0.00853. The smallest absolute Gasteiger partial charge is 0.124 e. The van der Waals surface area contributed by atoms with Crippen LogP contribution < -0.4 is 10.5 Å². The zero-order valence-corrected chi connectivity index (χ0v) is 14.0. The first-order chi connectivity index (χ1) is 10.4.